The van der Waals surface area contributed by atoms with Gasteiger partial charge in [-0.25, -0.2) is 9.18 Å². The average molecular weight is 570 g/mol. The van der Waals surface area contributed by atoms with Gasteiger partial charge in [-0.15, -0.1) is 0 Å². The van der Waals surface area contributed by atoms with Gasteiger partial charge in [0.25, 0.3) is 5.91 Å². The smallest absolute Gasteiger partial charge is 0.336 e. The van der Waals surface area contributed by atoms with E-state index in [2.05, 4.69) is 0 Å². The van der Waals surface area contributed by atoms with E-state index in [0.29, 0.717) is 48.7 Å². The van der Waals surface area contributed by atoms with Gasteiger partial charge >= 0.3 is 5.97 Å². The lowest BCUT2D eigenvalue weighted by atomic mass is 9.83. The minimum absolute atomic E-state index is 0.0695. The van der Waals surface area contributed by atoms with Crippen LogP contribution in [0.25, 0.3) is 0 Å². The third kappa shape index (κ3) is 6.08. The number of amides is 2. The first-order valence-corrected chi connectivity index (χ1v) is 14.4. The quantitative estimate of drug-likeness (QED) is 0.354. The minimum atomic E-state index is -0.407. The number of allylic oxidation sites excluding steroid dienone is 1. The van der Waals surface area contributed by atoms with Crippen LogP contribution in [0.2, 0.25) is 0 Å². The number of carbonyl (C=O) groups is 3. The van der Waals surface area contributed by atoms with Crippen LogP contribution in [0.3, 0.4) is 0 Å². The van der Waals surface area contributed by atoms with Gasteiger partial charge in [0.15, 0.2) is 0 Å². The number of nitrogens with zero attached hydrogens (tertiary/aromatic N) is 3. The zero-order valence-corrected chi connectivity index (χ0v) is 24.3. The van der Waals surface area contributed by atoms with Gasteiger partial charge in [-0.2, -0.15) is 0 Å². The highest BCUT2D eigenvalue weighted by molar-refractivity contribution is 5.96. The highest BCUT2D eigenvalue weighted by atomic mass is 19.1. The molecule has 3 aromatic rings. The predicted octanol–water partition coefficient (Wildman–Crippen LogP) is 5.45. The Hall–Kier alpha value is -4.46. The number of ether oxygens (including phenoxy) is 1. The van der Waals surface area contributed by atoms with Crippen molar-refractivity contribution in [2.45, 2.75) is 39.7 Å². The summed E-state index contributed by atoms with van der Waals surface area (Å²) in [5.74, 6) is -1.18. The summed E-state index contributed by atoms with van der Waals surface area (Å²) in [6.45, 7) is 8.19. The number of halogens is 1. The van der Waals surface area contributed by atoms with Crippen LogP contribution in [0.4, 0.5) is 10.1 Å². The van der Waals surface area contributed by atoms with E-state index in [1.54, 1.807) is 47.9 Å². The Kier molecular flexibility index (Phi) is 8.71. The maximum atomic E-state index is 14.2. The molecule has 42 heavy (non-hydrogen) atoms. The molecule has 1 atom stereocenters. The van der Waals surface area contributed by atoms with Crippen LogP contribution in [-0.4, -0.2) is 60.4 Å². The molecular formula is C34H36FN3O4. The van der Waals surface area contributed by atoms with E-state index < -0.39 is 5.97 Å². The zero-order valence-electron chi connectivity index (χ0n) is 24.3. The van der Waals surface area contributed by atoms with Crippen molar-refractivity contribution in [1.29, 1.82) is 0 Å². The fourth-order valence-corrected chi connectivity index (χ4v) is 5.82. The summed E-state index contributed by atoms with van der Waals surface area (Å²) in [6, 6.07) is 21.8. The second-order valence-electron chi connectivity index (χ2n) is 10.8. The van der Waals surface area contributed by atoms with Gasteiger partial charge in [-0.3, -0.25) is 9.59 Å². The molecule has 2 amide bonds. The molecule has 3 aromatic carbocycles. The van der Waals surface area contributed by atoms with Crippen molar-refractivity contribution in [2.75, 3.05) is 37.7 Å². The monoisotopic (exact) mass is 569 g/mol. The summed E-state index contributed by atoms with van der Waals surface area (Å²) in [5, 5.41) is 0. The summed E-state index contributed by atoms with van der Waals surface area (Å²) < 4.78 is 19.6. The van der Waals surface area contributed by atoms with E-state index in [9.17, 15) is 18.8 Å². The van der Waals surface area contributed by atoms with E-state index in [0.717, 1.165) is 16.7 Å². The van der Waals surface area contributed by atoms with E-state index in [-0.39, 0.29) is 43.1 Å². The van der Waals surface area contributed by atoms with Crippen LogP contribution in [0.1, 0.15) is 53.2 Å². The molecule has 0 unspecified atom stereocenters. The van der Waals surface area contributed by atoms with E-state index in [4.69, 9.17) is 4.74 Å². The van der Waals surface area contributed by atoms with E-state index in [1.165, 1.54) is 6.07 Å². The standard InChI is InChI=1S/C34H36FN3O4/c1-4-42-34(41)32-24(3)38(31(39)21-28(32)27-9-7-8-23(2)20-27)22-25-12-14-26(15-13-25)33(40)37-18-16-36(17-19-37)30-11-6-5-10-29(30)35/h5-15,20,28H,4,16-19,21-22H2,1-3H3/t28-/m1/s1. The van der Waals surface area contributed by atoms with Crippen LogP contribution in [0, 0.1) is 12.7 Å². The highest BCUT2D eigenvalue weighted by Crippen LogP contribution is 2.38. The number of piperazine rings is 1. The Balaban J connectivity index is 1.29. The molecule has 7 nitrogen and oxygen atoms in total. The summed E-state index contributed by atoms with van der Waals surface area (Å²) in [6.07, 6.45) is 0.171. The van der Waals surface area contributed by atoms with Crippen LogP contribution < -0.4 is 4.90 Å². The van der Waals surface area contributed by atoms with Gasteiger partial charge in [0, 0.05) is 49.8 Å². The number of aryl methyl sites for hydroxylation is 1. The van der Waals surface area contributed by atoms with Gasteiger partial charge < -0.3 is 19.4 Å². The molecule has 1 saturated heterocycles. The molecule has 2 heterocycles. The predicted molar refractivity (Wildman–Crippen MR) is 159 cm³/mol. The number of hydrogen-bond donors (Lipinski definition) is 0. The number of carbonyl (C=O) groups excluding carboxylic acids is 3. The summed E-state index contributed by atoms with van der Waals surface area (Å²) in [5.41, 5.74) is 5.03. The number of anilines is 1. The minimum Gasteiger partial charge on any atom is -0.463 e. The lowest BCUT2D eigenvalue weighted by molar-refractivity contribution is -0.140. The molecular weight excluding hydrogens is 533 g/mol. The molecule has 8 heteroatoms. The molecule has 5 rings (SSSR count). The molecule has 2 aliphatic heterocycles. The SMILES string of the molecule is CCOC(=O)C1=C(C)N(Cc2ccc(C(=O)N3CCN(c4ccccc4F)CC3)cc2)C(=O)C[C@@H]1c1cccc(C)c1. The first-order chi connectivity index (χ1) is 20.3. The first-order valence-electron chi connectivity index (χ1n) is 14.4. The molecule has 0 bridgehead atoms. The van der Waals surface area contributed by atoms with Crippen molar-refractivity contribution < 1.29 is 23.5 Å². The number of para-hydroxylation sites is 1. The third-order valence-corrected chi connectivity index (χ3v) is 8.06. The third-order valence-electron chi connectivity index (χ3n) is 8.06. The first kappa shape index (κ1) is 29.0. The molecule has 0 N–H and O–H groups in total. The van der Waals surface area contributed by atoms with Crippen molar-refractivity contribution >= 4 is 23.5 Å². The highest BCUT2D eigenvalue weighted by Gasteiger charge is 2.37. The fraction of sp³-hybridized carbons (Fsp3) is 0.324. The Bertz CT molecular complexity index is 1510. The van der Waals surface area contributed by atoms with Crippen molar-refractivity contribution in [3.05, 3.63) is 112 Å². The molecule has 0 spiro atoms. The topological polar surface area (TPSA) is 70.2 Å². The summed E-state index contributed by atoms with van der Waals surface area (Å²) in [7, 11) is 0. The molecule has 0 aromatic heterocycles. The van der Waals surface area contributed by atoms with Crippen molar-refractivity contribution in [3.63, 3.8) is 0 Å². The van der Waals surface area contributed by atoms with Crippen LogP contribution in [0.5, 0.6) is 0 Å². The lowest BCUT2D eigenvalue weighted by Crippen LogP contribution is -2.49. The summed E-state index contributed by atoms with van der Waals surface area (Å²) >= 11 is 0. The van der Waals surface area contributed by atoms with Crippen LogP contribution in [0.15, 0.2) is 84.1 Å². The van der Waals surface area contributed by atoms with Gasteiger partial charge in [-0.05, 0) is 56.2 Å². The number of rotatable bonds is 7. The van der Waals surface area contributed by atoms with Gasteiger partial charge in [0.05, 0.1) is 24.4 Å². The van der Waals surface area contributed by atoms with E-state index >= 15 is 0 Å². The second kappa shape index (κ2) is 12.6. The molecule has 2 aliphatic rings. The molecule has 1 fully saturated rings. The van der Waals surface area contributed by atoms with Crippen molar-refractivity contribution in [1.82, 2.24) is 9.80 Å². The maximum Gasteiger partial charge on any atom is 0.336 e. The van der Waals surface area contributed by atoms with Gasteiger partial charge in [0.1, 0.15) is 5.82 Å². The average Bonchev–Trinajstić information content (AvgIpc) is 2.99. The maximum absolute atomic E-state index is 14.2. The Morgan fingerprint density at radius 3 is 2.31 bits per heavy atom. The van der Waals surface area contributed by atoms with Gasteiger partial charge in [0.2, 0.25) is 5.91 Å². The second-order valence-corrected chi connectivity index (χ2v) is 10.8. The molecule has 0 saturated carbocycles. The lowest BCUT2D eigenvalue weighted by Gasteiger charge is -2.36. The van der Waals surface area contributed by atoms with Crippen molar-refractivity contribution in [3.8, 4) is 0 Å². The molecule has 218 valence electrons. The molecule has 0 aliphatic carbocycles. The van der Waals surface area contributed by atoms with Crippen LogP contribution in [-0.2, 0) is 20.9 Å². The normalized spacial score (nSPS) is 17.5. The van der Waals surface area contributed by atoms with E-state index in [1.807, 2.05) is 54.3 Å². The number of benzene rings is 3. The van der Waals surface area contributed by atoms with Gasteiger partial charge in [-0.1, -0.05) is 54.1 Å². The Labute approximate surface area is 246 Å². The fourth-order valence-electron chi connectivity index (χ4n) is 5.82. The zero-order chi connectivity index (χ0) is 29.8. The largest absolute Gasteiger partial charge is 0.463 e. The number of hydrogen-bond acceptors (Lipinski definition) is 5. The summed E-state index contributed by atoms with van der Waals surface area (Å²) in [4.78, 5) is 45.1. The number of esters is 1. The molecule has 0 radical (unpaired) electrons. The Morgan fingerprint density at radius 1 is 0.929 bits per heavy atom. The Morgan fingerprint density at radius 2 is 1.64 bits per heavy atom. The van der Waals surface area contributed by atoms with Crippen LogP contribution >= 0.6 is 0 Å². The van der Waals surface area contributed by atoms with Crippen molar-refractivity contribution in [2.24, 2.45) is 0 Å².